The van der Waals surface area contributed by atoms with Gasteiger partial charge in [0.25, 0.3) is 0 Å². The molecule has 0 bridgehead atoms. The molecule has 0 radical (unpaired) electrons. The summed E-state index contributed by atoms with van der Waals surface area (Å²) in [5, 5.41) is 22.3. The maximum atomic E-state index is 12.5. The van der Waals surface area contributed by atoms with Crippen molar-refractivity contribution in [3.8, 4) is 5.75 Å². The van der Waals surface area contributed by atoms with Gasteiger partial charge < -0.3 is 20.1 Å². The summed E-state index contributed by atoms with van der Waals surface area (Å²) in [6, 6.07) is 7.79. The van der Waals surface area contributed by atoms with Gasteiger partial charge in [-0.1, -0.05) is 38.0 Å². The number of nitrogens with one attached hydrogen (secondary N) is 1. The average molecular weight is 331 g/mol. The van der Waals surface area contributed by atoms with Crippen LogP contribution in [0.4, 0.5) is 0 Å². The summed E-state index contributed by atoms with van der Waals surface area (Å²) in [5.74, 6) is 0.741. The van der Waals surface area contributed by atoms with Crippen molar-refractivity contribution < 1.29 is 19.6 Å². The van der Waals surface area contributed by atoms with Gasteiger partial charge in [0.05, 0.1) is 12.5 Å². The Hall–Kier alpha value is -1.53. The van der Waals surface area contributed by atoms with Crippen LogP contribution in [0.25, 0.3) is 0 Å². The third-order valence-corrected chi connectivity index (χ3v) is 5.33. The van der Waals surface area contributed by atoms with Gasteiger partial charge in [0, 0.05) is 17.4 Å². The molecule has 1 heterocycles. The first kappa shape index (κ1) is 17.3. The number of carbonyl (C=O) groups excluding carboxylic acids is 1. The third kappa shape index (κ3) is 3.93. The molecule has 6 heteroatoms. The van der Waals surface area contributed by atoms with Crippen molar-refractivity contribution in [1.29, 1.82) is 0 Å². The van der Waals surface area contributed by atoms with Crippen LogP contribution in [-0.4, -0.2) is 35.6 Å². The Bertz CT molecular complexity index is 580. The Morgan fingerprint density at radius 2 is 2.17 bits per heavy atom. The highest BCUT2D eigenvalue weighted by Gasteiger charge is 2.34. The smallest absolute Gasteiger partial charge is 0.475 e. The van der Waals surface area contributed by atoms with Gasteiger partial charge in [-0.3, -0.25) is 4.79 Å². The second kappa shape index (κ2) is 7.57. The van der Waals surface area contributed by atoms with Crippen LogP contribution in [0.3, 0.4) is 0 Å². The first-order chi connectivity index (χ1) is 11.5. The van der Waals surface area contributed by atoms with E-state index < -0.39 is 13.1 Å². The van der Waals surface area contributed by atoms with Crippen molar-refractivity contribution in [3.63, 3.8) is 0 Å². The predicted molar refractivity (Wildman–Crippen MR) is 92.5 cm³/mol. The Morgan fingerprint density at radius 3 is 2.92 bits per heavy atom. The van der Waals surface area contributed by atoms with Crippen molar-refractivity contribution >= 4 is 13.0 Å². The Labute approximate surface area is 143 Å². The Morgan fingerprint density at radius 1 is 1.38 bits per heavy atom. The van der Waals surface area contributed by atoms with Crippen LogP contribution in [0.15, 0.2) is 24.3 Å². The zero-order chi connectivity index (χ0) is 17.1. The van der Waals surface area contributed by atoms with Crippen molar-refractivity contribution in [2.45, 2.75) is 50.9 Å². The average Bonchev–Trinajstić information content (AvgIpc) is 2.97. The first-order valence-electron chi connectivity index (χ1n) is 8.93. The number of rotatable bonds is 5. The SMILES string of the molecule is C[C@@H]1CCC[C@H](C(=O)N[C@@H](C[C@@H]2COc3ccccc32)B(O)O)C1. The van der Waals surface area contributed by atoms with E-state index in [1.807, 2.05) is 24.3 Å². The summed E-state index contributed by atoms with van der Waals surface area (Å²) in [5.41, 5.74) is 1.07. The highest BCUT2D eigenvalue weighted by atomic mass is 16.5. The molecule has 0 spiro atoms. The summed E-state index contributed by atoms with van der Waals surface area (Å²) < 4.78 is 5.65. The second-order valence-corrected chi connectivity index (χ2v) is 7.28. The lowest BCUT2D eigenvalue weighted by atomic mass is 9.73. The van der Waals surface area contributed by atoms with Gasteiger partial charge in [0.1, 0.15) is 5.75 Å². The number of ether oxygens (including phenoxy) is 1. The van der Waals surface area contributed by atoms with Crippen molar-refractivity contribution in [2.24, 2.45) is 11.8 Å². The highest BCUT2D eigenvalue weighted by Crippen LogP contribution is 2.36. The van der Waals surface area contributed by atoms with E-state index in [9.17, 15) is 14.8 Å². The number of benzene rings is 1. The number of hydrogen-bond donors (Lipinski definition) is 3. The lowest BCUT2D eigenvalue weighted by Crippen LogP contribution is -2.49. The molecule has 1 aliphatic heterocycles. The van der Waals surface area contributed by atoms with E-state index >= 15 is 0 Å². The fourth-order valence-corrected chi connectivity index (χ4v) is 3.96. The molecule has 1 amide bonds. The summed E-state index contributed by atoms with van der Waals surface area (Å²) in [6.45, 7) is 2.68. The minimum Gasteiger partial charge on any atom is -0.493 e. The normalized spacial score (nSPS) is 27.0. The standard InChI is InChI=1S/C18H26BNO4/c1-12-5-4-6-13(9-12)18(21)20-17(19(22)23)10-14-11-24-16-8-3-2-7-15(14)16/h2-3,7-8,12-14,17,22-23H,4-6,9-11H2,1H3,(H,20,21)/t12-,13+,14-,17+/m1/s1. The molecule has 5 nitrogen and oxygen atoms in total. The van der Waals surface area contributed by atoms with Crippen molar-refractivity contribution in [2.75, 3.05) is 6.61 Å². The molecule has 2 aliphatic rings. The Balaban J connectivity index is 1.62. The number of para-hydroxylation sites is 1. The van der Waals surface area contributed by atoms with Crippen LogP contribution in [-0.2, 0) is 4.79 Å². The number of carbonyl (C=O) groups is 1. The molecule has 1 saturated carbocycles. The van der Waals surface area contributed by atoms with E-state index in [1.165, 1.54) is 6.42 Å². The molecule has 1 aliphatic carbocycles. The molecule has 4 atom stereocenters. The van der Waals surface area contributed by atoms with Gasteiger partial charge in [0.2, 0.25) is 5.91 Å². The lowest BCUT2D eigenvalue weighted by Gasteiger charge is -2.28. The predicted octanol–water partition coefficient (Wildman–Crippen LogP) is 1.88. The third-order valence-electron chi connectivity index (χ3n) is 5.33. The van der Waals surface area contributed by atoms with E-state index in [1.54, 1.807) is 0 Å². The lowest BCUT2D eigenvalue weighted by molar-refractivity contribution is -0.126. The van der Waals surface area contributed by atoms with E-state index in [0.29, 0.717) is 18.9 Å². The van der Waals surface area contributed by atoms with Gasteiger partial charge in [-0.2, -0.15) is 0 Å². The monoisotopic (exact) mass is 331 g/mol. The van der Waals surface area contributed by atoms with E-state index in [0.717, 1.165) is 30.6 Å². The van der Waals surface area contributed by atoms with Gasteiger partial charge in [-0.25, -0.2) is 0 Å². The zero-order valence-electron chi connectivity index (χ0n) is 14.1. The van der Waals surface area contributed by atoms with Gasteiger partial charge >= 0.3 is 7.12 Å². The van der Waals surface area contributed by atoms with Crippen LogP contribution in [0.2, 0.25) is 0 Å². The van der Waals surface area contributed by atoms with Crippen LogP contribution in [0, 0.1) is 11.8 Å². The molecule has 3 rings (SSSR count). The summed E-state index contributed by atoms with van der Waals surface area (Å²) in [4.78, 5) is 12.5. The molecule has 24 heavy (non-hydrogen) atoms. The molecule has 1 aromatic carbocycles. The molecule has 0 aromatic heterocycles. The Kier molecular flexibility index (Phi) is 5.46. The highest BCUT2D eigenvalue weighted by molar-refractivity contribution is 6.43. The topological polar surface area (TPSA) is 78.8 Å². The number of hydrogen-bond acceptors (Lipinski definition) is 4. The van der Waals surface area contributed by atoms with E-state index in [2.05, 4.69) is 12.2 Å². The van der Waals surface area contributed by atoms with Crippen molar-refractivity contribution in [1.82, 2.24) is 5.32 Å². The molecule has 3 N–H and O–H groups in total. The zero-order valence-corrected chi connectivity index (χ0v) is 14.1. The fourth-order valence-electron chi connectivity index (χ4n) is 3.96. The van der Waals surface area contributed by atoms with Crippen molar-refractivity contribution in [3.05, 3.63) is 29.8 Å². The number of amides is 1. The quantitative estimate of drug-likeness (QED) is 0.720. The minimum atomic E-state index is -1.57. The fraction of sp³-hybridized carbons (Fsp3) is 0.611. The first-order valence-corrected chi connectivity index (χ1v) is 8.93. The molecule has 130 valence electrons. The molecule has 0 unspecified atom stereocenters. The molecule has 1 fully saturated rings. The molecular weight excluding hydrogens is 305 g/mol. The molecular formula is C18H26BNO4. The largest absolute Gasteiger partial charge is 0.493 e. The number of fused-ring (bicyclic) bond motifs is 1. The molecule has 1 aromatic rings. The summed E-state index contributed by atoms with van der Waals surface area (Å²) in [6.07, 6.45) is 4.47. The van der Waals surface area contributed by atoms with Gasteiger partial charge in [-0.05, 0) is 31.2 Å². The second-order valence-electron chi connectivity index (χ2n) is 7.28. The summed E-state index contributed by atoms with van der Waals surface area (Å²) in [7, 11) is -1.57. The van der Waals surface area contributed by atoms with Crippen LogP contribution < -0.4 is 10.1 Å². The van der Waals surface area contributed by atoms with Crippen LogP contribution in [0.5, 0.6) is 5.75 Å². The molecule has 0 saturated heterocycles. The van der Waals surface area contributed by atoms with E-state index in [-0.39, 0.29) is 17.7 Å². The van der Waals surface area contributed by atoms with Gasteiger partial charge in [0.15, 0.2) is 0 Å². The van der Waals surface area contributed by atoms with Gasteiger partial charge in [-0.15, -0.1) is 0 Å². The van der Waals surface area contributed by atoms with Crippen LogP contribution in [0.1, 0.15) is 50.5 Å². The minimum absolute atomic E-state index is 0.0119. The van der Waals surface area contributed by atoms with E-state index in [4.69, 9.17) is 4.74 Å². The maximum Gasteiger partial charge on any atom is 0.475 e. The maximum absolute atomic E-state index is 12.5. The van der Waals surface area contributed by atoms with Crippen LogP contribution >= 0.6 is 0 Å². The summed E-state index contributed by atoms with van der Waals surface area (Å²) >= 11 is 0.